The molecule has 132 valence electrons. The molecule has 1 N–H and O–H groups in total. The van der Waals surface area contributed by atoms with Crippen LogP contribution in [0, 0.1) is 11.3 Å². The van der Waals surface area contributed by atoms with Crippen molar-refractivity contribution in [3.63, 3.8) is 0 Å². The number of amides is 1. The molecule has 26 heavy (non-hydrogen) atoms. The van der Waals surface area contributed by atoms with E-state index in [9.17, 15) is 9.90 Å². The number of benzene rings is 2. The molecule has 2 aromatic rings. The van der Waals surface area contributed by atoms with E-state index >= 15 is 0 Å². The van der Waals surface area contributed by atoms with Crippen molar-refractivity contribution in [3.05, 3.63) is 70.8 Å². The van der Waals surface area contributed by atoms with Gasteiger partial charge in [0.15, 0.2) is 0 Å². The molecule has 5 nitrogen and oxygen atoms in total. The Morgan fingerprint density at radius 2 is 2.04 bits per heavy atom. The quantitative estimate of drug-likeness (QED) is 0.908. The standard InChI is InChI=1S/C21H20N2O3/c1-26-19-7-5-17(6-8-19)20-9-10-23(21(24)25)14-18(20)12-15-3-2-4-16(11-15)13-22/h2-8,11H,9-10,12,14H2,1H3,(H,24,25). The molecule has 0 saturated heterocycles. The minimum absolute atomic E-state index is 0.382. The van der Waals surface area contributed by atoms with E-state index in [4.69, 9.17) is 10.00 Å². The van der Waals surface area contributed by atoms with Gasteiger partial charge in [-0.05, 0) is 59.4 Å². The molecule has 0 aliphatic carbocycles. The fourth-order valence-electron chi connectivity index (χ4n) is 3.29. The number of methoxy groups -OCH3 is 1. The molecule has 0 unspecified atom stereocenters. The maximum atomic E-state index is 11.4. The summed E-state index contributed by atoms with van der Waals surface area (Å²) in [6.45, 7) is 0.867. The van der Waals surface area contributed by atoms with Gasteiger partial charge in [-0.25, -0.2) is 4.79 Å². The van der Waals surface area contributed by atoms with Gasteiger partial charge in [0.2, 0.25) is 0 Å². The average molecular weight is 348 g/mol. The zero-order chi connectivity index (χ0) is 18.5. The Labute approximate surface area is 152 Å². The van der Waals surface area contributed by atoms with E-state index in [1.54, 1.807) is 13.2 Å². The lowest BCUT2D eigenvalue weighted by Gasteiger charge is -2.29. The van der Waals surface area contributed by atoms with Gasteiger partial charge in [-0.3, -0.25) is 0 Å². The Balaban J connectivity index is 1.97. The van der Waals surface area contributed by atoms with Crippen LogP contribution in [0.4, 0.5) is 4.79 Å². The summed E-state index contributed by atoms with van der Waals surface area (Å²) >= 11 is 0. The van der Waals surface area contributed by atoms with E-state index in [1.807, 2.05) is 42.5 Å². The minimum atomic E-state index is -0.901. The molecular weight excluding hydrogens is 328 g/mol. The van der Waals surface area contributed by atoms with E-state index in [0.29, 0.717) is 31.5 Å². The summed E-state index contributed by atoms with van der Waals surface area (Å²) in [5.74, 6) is 0.792. The van der Waals surface area contributed by atoms with Crippen LogP contribution in [0.3, 0.4) is 0 Å². The third-order valence-electron chi connectivity index (χ3n) is 4.62. The van der Waals surface area contributed by atoms with Crippen LogP contribution < -0.4 is 4.74 Å². The smallest absolute Gasteiger partial charge is 0.407 e. The number of hydrogen-bond donors (Lipinski definition) is 1. The fraction of sp³-hybridized carbons (Fsp3) is 0.238. The highest BCUT2D eigenvalue weighted by Gasteiger charge is 2.23. The molecule has 0 saturated carbocycles. The van der Waals surface area contributed by atoms with Crippen LogP contribution in [0.2, 0.25) is 0 Å². The van der Waals surface area contributed by atoms with Crippen LogP contribution in [0.5, 0.6) is 5.75 Å². The van der Waals surface area contributed by atoms with E-state index in [2.05, 4.69) is 6.07 Å². The van der Waals surface area contributed by atoms with E-state index < -0.39 is 6.09 Å². The predicted octanol–water partition coefficient (Wildman–Crippen LogP) is 3.95. The third kappa shape index (κ3) is 3.86. The Hall–Kier alpha value is -3.26. The number of nitrogens with zero attached hydrogens (tertiary/aromatic N) is 2. The van der Waals surface area contributed by atoms with Crippen LogP contribution in [0.25, 0.3) is 5.57 Å². The Kier molecular flexibility index (Phi) is 5.23. The van der Waals surface area contributed by atoms with E-state index in [-0.39, 0.29) is 0 Å². The van der Waals surface area contributed by atoms with Crippen LogP contribution in [-0.2, 0) is 6.42 Å². The number of nitriles is 1. The first-order valence-corrected chi connectivity index (χ1v) is 8.43. The normalized spacial score (nSPS) is 14.1. The van der Waals surface area contributed by atoms with Gasteiger partial charge >= 0.3 is 6.09 Å². The van der Waals surface area contributed by atoms with Crippen molar-refractivity contribution in [2.45, 2.75) is 12.8 Å². The molecule has 1 amide bonds. The third-order valence-corrected chi connectivity index (χ3v) is 4.62. The Morgan fingerprint density at radius 3 is 2.69 bits per heavy atom. The fourth-order valence-corrected chi connectivity index (χ4v) is 3.29. The van der Waals surface area contributed by atoms with Crippen molar-refractivity contribution >= 4 is 11.7 Å². The molecular formula is C21H20N2O3. The molecule has 0 radical (unpaired) electrons. The van der Waals surface area contributed by atoms with E-state index in [1.165, 1.54) is 10.5 Å². The van der Waals surface area contributed by atoms with Gasteiger partial charge in [0.25, 0.3) is 0 Å². The van der Waals surface area contributed by atoms with Gasteiger partial charge in [-0.15, -0.1) is 0 Å². The summed E-state index contributed by atoms with van der Waals surface area (Å²) in [7, 11) is 1.63. The predicted molar refractivity (Wildman–Crippen MR) is 99.0 cm³/mol. The van der Waals surface area contributed by atoms with Crippen molar-refractivity contribution in [3.8, 4) is 11.8 Å². The van der Waals surface area contributed by atoms with Crippen molar-refractivity contribution < 1.29 is 14.6 Å². The molecule has 0 atom stereocenters. The molecule has 1 heterocycles. The van der Waals surface area contributed by atoms with Gasteiger partial charge < -0.3 is 14.7 Å². The number of carbonyl (C=O) groups is 1. The highest BCUT2D eigenvalue weighted by atomic mass is 16.5. The summed E-state index contributed by atoms with van der Waals surface area (Å²) in [4.78, 5) is 12.9. The Morgan fingerprint density at radius 1 is 1.27 bits per heavy atom. The summed E-state index contributed by atoms with van der Waals surface area (Å²) in [5, 5.41) is 18.5. The van der Waals surface area contributed by atoms with Gasteiger partial charge in [0, 0.05) is 13.1 Å². The first-order valence-electron chi connectivity index (χ1n) is 8.43. The lowest BCUT2D eigenvalue weighted by molar-refractivity contribution is 0.148. The second kappa shape index (κ2) is 7.75. The summed E-state index contributed by atoms with van der Waals surface area (Å²) < 4.78 is 5.22. The topological polar surface area (TPSA) is 73.6 Å². The summed E-state index contributed by atoms with van der Waals surface area (Å²) in [5.41, 5.74) is 4.95. The van der Waals surface area contributed by atoms with Crippen LogP contribution in [0.15, 0.2) is 54.1 Å². The monoisotopic (exact) mass is 348 g/mol. The number of ether oxygens (including phenoxy) is 1. The van der Waals surface area contributed by atoms with Crippen molar-refractivity contribution in [2.75, 3.05) is 20.2 Å². The molecule has 1 aliphatic rings. The van der Waals surface area contributed by atoms with Gasteiger partial charge in [-0.1, -0.05) is 24.3 Å². The lowest BCUT2D eigenvalue weighted by atomic mass is 9.89. The number of carboxylic acid groups (broad SMARTS) is 1. The maximum Gasteiger partial charge on any atom is 0.407 e. The molecule has 3 rings (SSSR count). The summed E-state index contributed by atoms with van der Waals surface area (Å²) in [6, 6.07) is 17.5. The molecule has 0 aromatic heterocycles. The first kappa shape index (κ1) is 17.6. The molecule has 2 aromatic carbocycles. The highest BCUT2D eigenvalue weighted by Crippen LogP contribution is 2.30. The molecule has 0 bridgehead atoms. The number of hydrogen-bond acceptors (Lipinski definition) is 3. The highest BCUT2D eigenvalue weighted by molar-refractivity contribution is 5.74. The van der Waals surface area contributed by atoms with Gasteiger partial charge in [0.05, 0.1) is 18.7 Å². The van der Waals surface area contributed by atoms with E-state index in [0.717, 1.165) is 22.4 Å². The summed E-state index contributed by atoms with van der Waals surface area (Å²) in [6.07, 6.45) is 0.397. The maximum absolute atomic E-state index is 11.4. The van der Waals surface area contributed by atoms with Crippen molar-refractivity contribution in [1.29, 1.82) is 5.26 Å². The van der Waals surface area contributed by atoms with Crippen LogP contribution >= 0.6 is 0 Å². The zero-order valence-corrected chi connectivity index (χ0v) is 14.6. The van der Waals surface area contributed by atoms with Crippen LogP contribution in [-0.4, -0.2) is 36.3 Å². The van der Waals surface area contributed by atoms with Crippen molar-refractivity contribution in [1.82, 2.24) is 4.90 Å². The second-order valence-electron chi connectivity index (χ2n) is 6.25. The van der Waals surface area contributed by atoms with Crippen molar-refractivity contribution in [2.24, 2.45) is 0 Å². The van der Waals surface area contributed by atoms with Gasteiger partial charge in [0.1, 0.15) is 5.75 Å². The molecule has 5 heteroatoms. The first-order chi connectivity index (χ1) is 12.6. The van der Waals surface area contributed by atoms with Gasteiger partial charge in [-0.2, -0.15) is 5.26 Å². The second-order valence-corrected chi connectivity index (χ2v) is 6.25. The average Bonchev–Trinajstić information content (AvgIpc) is 2.68. The Bertz CT molecular complexity index is 879. The molecule has 0 spiro atoms. The largest absolute Gasteiger partial charge is 0.497 e. The number of rotatable bonds is 4. The van der Waals surface area contributed by atoms with Crippen LogP contribution in [0.1, 0.15) is 23.1 Å². The minimum Gasteiger partial charge on any atom is -0.497 e. The lowest BCUT2D eigenvalue weighted by Crippen LogP contribution is -2.36. The SMILES string of the molecule is COc1ccc(C2=C(Cc3cccc(C#N)c3)CN(C(=O)O)CC2)cc1. The molecule has 1 aliphatic heterocycles. The zero-order valence-electron chi connectivity index (χ0n) is 14.6. The molecule has 0 fully saturated rings.